The maximum absolute atomic E-state index is 12.7. The van der Waals surface area contributed by atoms with Gasteiger partial charge in [-0.25, -0.2) is 0 Å². The number of aliphatic carboxylic acids is 1. The molecule has 0 aromatic heterocycles. The van der Waals surface area contributed by atoms with Gasteiger partial charge in [-0.05, 0) is 17.5 Å². The summed E-state index contributed by atoms with van der Waals surface area (Å²) in [6.07, 6.45) is -4.05. The molecule has 1 rings (SSSR count). The summed E-state index contributed by atoms with van der Waals surface area (Å²) < 4.78 is 38.2. The number of benzene rings is 1. The zero-order chi connectivity index (χ0) is 14.8. The van der Waals surface area contributed by atoms with Crippen LogP contribution in [-0.2, 0) is 11.0 Å². The highest BCUT2D eigenvalue weighted by Crippen LogP contribution is 2.39. The predicted octanol–water partition coefficient (Wildman–Crippen LogP) is 3.50. The fraction of sp³-hybridized carbons (Fsp3) is 0.462. The van der Waals surface area contributed by atoms with Gasteiger partial charge in [0.05, 0.1) is 11.5 Å². The molecule has 0 spiro atoms. The van der Waals surface area contributed by atoms with E-state index in [9.17, 15) is 23.1 Å². The van der Waals surface area contributed by atoms with Crippen molar-refractivity contribution in [2.75, 3.05) is 5.73 Å². The van der Waals surface area contributed by atoms with Crippen LogP contribution < -0.4 is 5.73 Å². The van der Waals surface area contributed by atoms with Gasteiger partial charge in [0.15, 0.2) is 0 Å². The Hall–Kier alpha value is -1.72. The van der Waals surface area contributed by atoms with Crippen molar-refractivity contribution in [3.8, 4) is 0 Å². The molecule has 106 valence electrons. The van der Waals surface area contributed by atoms with Crippen LogP contribution in [0.15, 0.2) is 18.2 Å². The molecule has 0 saturated heterocycles. The quantitative estimate of drug-likeness (QED) is 0.826. The van der Waals surface area contributed by atoms with E-state index in [4.69, 9.17) is 5.73 Å². The summed E-state index contributed by atoms with van der Waals surface area (Å²) in [6.45, 7) is 3.46. The second-order valence-electron chi connectivity index (χ2n) is 4.51. The van der Waals surface area contributed by atoms with Gasteiger partial charge < -0.3 is 10.8 Å². The minimum Gasteiger partial charge on any atom is -0.481 e. The van der Waals surface area contributed by atoms with Gasteiger partial charge >= 0.3 is 12.1 Å². The van der Waals surface area contributed by atoms with Gasteiger partial charge in [-0.3, -0.25) is 4.79 Å². The molecule has 2 atom stereocenters. The van der Waals surface area contributed by atoms with Gasteiger partial charge in [0.2, 0.25) is 0 Å². The van der Waals surface area contributed by atoms with Crippen LogP contribution in [0, 0.1) is 5.92 Å². The molecule has 2 unspecified atom stereocenters. The summed E-state index contributed by atoms with van der Waals surface area (Å²) in [5, 5.41) is 9.21. The third-order valence-electron chi connectivity index (χ3n) is 3.26. The van der Waals surface area contributed by atoms with Gasteiger partial charge in [0.1, 0.15) is 0 Å². The van der Waals surface area contributed by atoms with Crippen molar-refractivity contribution in [2.45, 2.75) is 32.4 Å². The van der Waals surface area contributed by atoms with Crippen LogP contribution in [-0.4, -0.2) is 11.1 Å². The molecule has 0 aliphatic carbocycles. The summed E-state index contributed by atoms with van der Waals surface area (Å²) >= 11 is 0. The number of hydrogen-bond donors (Lipinski definition) is 2. The molecule has 0 bridgehead atoms. The Balaban J connectivity index is 3.37. The summed E-state index contributed by atoms with van der Waals surface area (Å²) in [7, 11) is 0. The smallest absolute Gasteiger partial charge is 0.418 e. The molecule has 3 N–H and O–H groups in total. The van der Waals surface area contributed by atoms with Gasteiger partial charge in [-0.1, -0.05) is 32.4 Å². The van der Waals surface area contributed by atoms with E-state index in [-0.39, 0.29) is 11.5 Å². The Bertz CT molecular complexity index is 471. The molecular formula is C13H16F3NO2. The first-order valence-corrected chi connectivity index (χ1v) is 5.88. The number of nitrogens with two attached hydrogens (primary N) is 1. The van der Waals surface area contributed by atoms with Crippen molar-refractivity contribution >= 4 is 11.7 Å². The van der Waals surface area contributed by atoms with E-state index in [1.165, 1.54) is 12.1 Å². The first kappa shape index (κ1) is 15.3. The molecule has 0 aliphatic heterocycles. The Morgan fingerprint density at radius 3 is 2.42 bits per heavy atom. The zero-order valence-electron chi connectivity index (χ0n) is 10.7. The number of rotatable bonds is 4. The number of carboxylic acids is 1. The summed E-state index contributed by atoms with van der Waals surface area (Å²) in [6, 6.07) is 3.39. The van der Waals surface area contributed by atoms with Crippen molar-refractivity contribution < 1.29 is 23.1 Å². The van der Waals surface area contributed by atoms with Crippen molar-refractivity contribution in [1.82, 2.24) is 0 Å². The van der Waals surface area contributed by atoms with Crippen molar-refractivity contribution in [2.24, 2.45) is 5.92 Å². The van der Waals surface area contributed by atoms with Gasteiger partial charge in [0, 0.05) is 5.69 Å². The summed E-state index contributed by atoms with van der Waals surface area (Å²) in [4.78, 5) is 11.3. The van der Waals surface area contributed by atoms with Crippen LogP contribution in [0.4, 0.5) is 18.9 Å². The van der Waals surface area contributed by atoms with Crippen LogP contribution in [0.5, 0.6) is 0 Å². The van der Waals surface area contributed by atoms with Crippen molar-refractivity contribution in [3.05, 3.63) is 29.3 Å². The third-order valence-corrected chi connectivity index (χ3v) is 3.26. The van der Waals surface area contributed by atoms with Crippen LogP contribution in [0.2, 0.25) is 0 Å². The number of carboxylic acid groups (broad SMARTS) is 1. The van der Waals surface area contributed by atoms with Crippen LogP contribution in [0.1, 0.15) is 37.3 Å². The average Bonchev–Trinajstić information content (AvgIpc) is 2.29. The van der Waals surface area contributed by atoms with E-state index in [0.717, 1.165) is 6.07 Å². The molecule has 0 aliphatic rings. The average molecular weight is 275 g/mol. The number of nitrogen functional groups attached to an aromatic ring is 1. The molecule has 1 aromatic carbocycles. The van der Waals surface area contributed by atoms with Crippen LogP contribution in [0.25, 0.3) is 0 Å². The van der Waals surface area contributed by atoms with E-state index in [1.807, 2.05) is 0 Å². The molecule has 0 radical (unpaired) electrons. The molecule has 0 amide bonds. The van der Waals surface area contributed by atoms with Crippen molar-refractivity contribution in [3.63, 3.8) is 0 Å². The molecule has 19 heavy (non-hydrogen) atoms. The maximum Gasteiger partial charge on any atom is 0.418 e. The number of hydrogen-bond acceptors (Lipinski definition) is 2. The lowest BCUT2D eigenvalue weighted by Gasteiger charge is -2.22. The standard InChI is InChI=1S/C13H16F3NO2/c1-3-7(2)10(12(18)19)8-5-4-6-9(11(8)17)13(14,15)16/h4-7,10H,3,17H2,1-2H3,(H,18,19). The van der Waals surface area contributed by atoms with Crippen LogP contribution in [0.3, 0.4) is 0 Å². The molecule has 3 nitrogen and oxygen atoms in total. The Morgan fingerprint density at radius 2 is 2.00 bits per heavy atom. The SMILES string of the molecule is CCC(C)C(C(=O)O)c1cccc(C(F)(F)F)c1N. The Kier molecular flexibility index (Phi) is 4.44. The predicted molar refractivity (Wildman–Crippen MR) is 65.7 cm³/mol. The lowest BCUT2D eigenvalue weighted by atomic mass is 9.84. The van der Waals surface area contributed by atoms with E-state index < -0.39 is 29.3 Å². The molecule has 6 heteroatoms. The lowest BCUT2D eigenvalue weighted by molar-refractivity contribution is -0.141. The third kappa shape index (κ3) is 3.19. The monoisotopic (exact) mass is 275 g/mol. The van der Waals surface area contributed by atoms with Gasteiger partial charge in [-0.2, -0.15) is 13.2 Å². The summed E-state index contributed by atoms with van der Waals surface area (Å²) in [5.41, 5.74) is 4.06. The number of para-hydroxylation sites is 1. The van der Waals surface area contributed by atoms with Crippen molar-refractivity contribution in [1.29, 1.82) is 0 Å². The highest BCUT2D eigenvalue weighted by Gasteiger charge is 2.36. The van der Waals surface area contributed by atoms with E-state index in [1.54, 1.807) is 13.8 Å². The fourth-order valence-electron chi connectivity index (χ4n) is 2.02. The van der Waals surface area contributed by atoms with Gasteiger partial charge in [0.25, 0.3) is 0 Å². The number of carbonyl (C=O) groups is 1. The van der Waals surface area contributed by atoms with Gasteiger partial charge in [-0.15, -0.1) is 0 Å². The van der Waals surface area contributed by atoms with E-state index in [0.29, 0.717) is 6.42 Å². The first-order chi connectivity index (χ1) is 8.70. The summed E-state index contributed by atoms with van der Waals surface area (Å²) in [5.74, 6) is -2.50. The maximum atomic E-state index is 12.7. The highest BCUT2D eigenvalue weighted by molar-refractivity contribution is 5.79. The topological polar surface area (TPSA) is 63.3 Å². The molecule has 1 aromatic rings. The molecule has 0 heterocycles. The van der Waals surface area contributed by atoms with E-state index >= 15 is 0 Å². The minimum absolute atomic E-state index is 0.0247. The molecule has 0 saturated carbocycles. The lowest BCUT2D eigenvalue weighted by Crippen LogP contribution is -2.22. The normalized spacial score (nSPS) is 15.0. The first-order valence-electron chi connectivity index (χ1n) is 5.88. The zero-order valence-corrected chi connectivity index (χ0v) is 10.7. The highest BCUT2D eigenvalue weighted by atomic mass is 19.4. The second-order valence-corrected chi connectivity index (χ2v) is 4.51. The Morgan fingerprint density at radius 1 is 1.42 bits per heavy atom. The second kappa shape index (κ2) is 5.50. The van der Waals surface area contributed by atoms with E-state index in [2.05, 4.69) is 0 Å². The Labute approximate surface area is 109 Å². The largest absolute Gasteiger partial charge is 0.481 e. The molecule has 0 fully saturated rings. The minimum atomic E-state index is -4.58. The number of anilines is 1. The van der Waals surface area contributed by atoms with Crippen LogP contribution >= 0.6 is 0 Å². The number of alkyl halides is 3. The number of halogens is 3. The molecular weight excluding hydrogens is 259 g/mol. The fourth-order valence-corrected chi connectivity index (χ4v) is 2.02.